The summed E-state index contributed by atoms with van der Waals surface area (Å²) in [5, 5.41) is 11.5. The predicted molar refractivity (Wildman–Crippen MR) is 102 cm³/mol. The average molecular weight is 370 g/mol. The van der Waals surface area contributed by atoms with Crippen LogP contribution in [0.2, 0.25) is 0 Å². The van der Waals surface area contributed by atoms with Crippen molar-refractivity contribution in [2.75, 3.05) is 6.54 Å². The summed E-state index contributed by atoms with van der Waals surface area (Å²) in [6.45, 7) is 6.37. The van der Waals surface area contributed by atoms with Crippen LogP contribution in [0.15, 0.2) is 36.5 Å². The summed E-state index contributed by atoms with van der Waals surface area (Å²) < 4.78 is 0. The van der Waals surface area contributed by atoms with Gasteiger partial charge in [0.05, 0.1) is 11.7 Å². The molecule has 7 heteroatoms. The molecule has 0 bridgehead atoms. The van der Waals surface area contributed by atoms with Crippen LogP contribution in [0.5, 0.6) is 0 Å². The lowest BCUT2D eigenvalue weighted by Crippen LogP contribution is -2.50. The first-order valence-corrected chi connectivity index (χ1v) is 9.27. The van der Waals surface area contributed by atoms with Gasteiger partial charge in [-0.05, 0) is 18.3 Å². The van der Waals surface area contributed by atoms with Gasteiger partial charge in [-0.2, -0.15) is 0 Å². The van der Waals surface area contributed by atoms with Gasteiger partial charge in [0.2, 0.25) is 5.91 Å². The first-order chi connectivity index (χ1) is 12.9. The Balaban J connectivity index is 1.85. The van der Waals surface area contributed by atoms with Crippen molar-refractivity contribution in [2.24, 2.45) is 11.8 Å². The molecule has 2 amide bonds. The maximum Gasteiger partial charge on any atom is 0.405 e. The van der Waals surface area contributed by atoms with Gasteiger partial charge < -0.3 is 20.3 Å². The Bertz CT molecular complexity index is 803. The van der Waals surface area contributed by atoms with Crippen LogP contribution in [0.25, 0.3) is 11.3 Å². The molecule has 27 heavy (non-hydrogen) atoms. The number of nitrogens with zero attached hydrogens (tertiary/aromatic N) is 2. The highest BCUT2D eigenvalue weighted by atomic mass is 16.4. The standard InChI is InChI=1S/C20H26N4O3/c1-12(2)17(23-20(26)27)19(25)24-11-13(3)9-16(24)18-21-10-15(22-18)14-7-5-4-6-8-14/h4-8,10,12-13,16-17,23H,9,11H2,1-3H3,(H,21,22)(H,26,27)/t13-,16-,17-/m0/s1. The van der Waals surface area contributed by atoms with Crippen molar-refractivity contribution in [3.63, 3.8) is 0 Å². The molecule has 1 aromatic carbocycles. The van der Waals surface area contributed by atoms with E-state index in [9.17, 15) is 9.59 Å². The second-order valence-electron chi connectivity index (χ2n) is 7.56. The maximum atomic E-state index is 13.1. The van der Waals surface area contributed by atoms with Crippen LogP contribution in [0.3, 0.4) is 0 Å². The van der Waals surface area contributed by atoms with E-state index in [1.54, 1.807) is 4.90 Å². The van der Waals surface area contributed by atoms with Crippen molar-refractivity contribution >= 4 is 12.0 Å². The van der Waals surface area contributed by atoms with Crippen LogP contribution in [-0.4, -0.2) is 44.6 Å². The topological polar surface area (TPSA) is 98.3 Å². The van der Waals surface area contributed by atoms with Crippen LogP contribution in [0.1, 0.15) is 39.1 Å². The van der Waals surface area contributed by atoms with Gasteiger partial charge in [0, 0.05) is 18.3 Å². The second-order valence-corrected chi connectivity index (χ2v) is 7.56. The van der Waals surface area contributed by atoms with Crippen LogP contribution in [0.4, 0.5) is 4.79 Å². The van der Waals surface area contributed by atoms with Crippen LogP contribution < -0.4 is 5.32 Å². The summed E-state index contributed by atoms with van der Waals surface area (Å²) in [6.07, 6.45) is 1.46. The number of amides is 2. The van der Waals surface area contributed by atoms with Gasteiger partial charge in [0.25, 0.3) is 0 Å². The number of imidazole rings is 1. The third kappa shape index (κ3) is 4.13. The van der Waals surface area contributed by atoms with Crippen LogP contribution >= 0.6 is 0 Å². The highest BCUT2D eigenvalue weighted by Crippen LogP contribution is 2.35. The molecule has 3 atom stereocenters. The molecule has 0 saturated carbocycles. The Labute approximate surface area is 158 Å². The molecule has 1 aliphatic rings. The Kier molecular flexibility index (Phi) is 5.48. The molecule has 3 rings (SSSR count). The second kappa shape index (κ2) is 7.82. The van der Waals surface area contributed by atoms with E-state index in [0.29, 0.717) is 12.5 Å². The number of hydrogen-bond acceptors (Lipinski definition) is 3. The minimum absolute atomic E-state index is 0.137. The number of nitrogens with one attached hydrogen (secondary N) is 2. The summed E-state index contributed by atoms with van der Waals surface area (Å²) in [7, 11) is 0. The monoisotopic (exact) mass is 370 g/mol. The molecule has 3 N–H and O–H groups in total. The first-order valence-electron chi connectivity index (χ1n) is 9.27. The quantitative estimate of drug-likeness (QED) is 0.752. The molecule has 0 radical (unpaired) electrons. The smallest absolute Gasteiger partial charge is 0.405 e. The normalized spacial score (nSPS) is 20.7. The molecule has 2 aromatic rings. The van der Waals surface area contributed by atoms with E-state index in [2.05, 4.69) is 17.2 Å². The zero-order valence-electron chi connectivity index (χ0n) is 15.8. The molecule has 7 nitrogen and oxygen atoms in total. The van der Waals surface area contributed by atoms with Gasteiger partial charge in [-0.3, -0.25) is 4.79 Å². The number of aromatic nitrogens is 2. The van der Waals surface area contributed by atoms with E-state index >= 15 is 0 Å². The molecule has 1 fully saturated rings. The summed E-state index contributed by atoms with van der Waals surface area (Å²) in [4.78, 5) is 33.9. The van der Waals surface area contributed by atoms with Crippen molar-refractivity contribution < 1.29 is 14.7 Å². The number of hydrogen-bond donors (Lipinski definition) is 3. The number of benzene rings is 1. The molecule has 0 spiro atoms. The highest BCUT2D eigenvalue weighted by Gasteiger charge is 2.39. The first kappa shape index (κ1) is 18.9. The summed E-state index contributed by atoms with van der Waals surface area (Å²) >= 11 is 0. The van der Waals surface area contributed by atoms with E-state index in [0.717, 1.165) is 23.5 Å². The number of carbonyl (C=O) groups is 2. The van der Waals surface area contributed by atoms with Crippen molar-refractivity contribution in [3.8, 4) is 11.3 Å². The number of likely N-dealkylation sites (tertiary alicyclic amines) is 1. The fourth-order valence-electron chi connectivity index (χ4n) is 3.64. The molecule has 0 unspecified atom stereocenters. The van der Waals surface area contributed by atoms with Crippen molar-refractivity contribution in [3.05, 3.63) is 42.4 Å². The van der Waals surface area contributed by atoms with Crippen molar-refractivity contribution in [1.82, 2.24) is 20.2 Å². The van der Waals surface area contributed by atoms with Gasteiger partial charge in [0.1, 0.15) is 11.9 Å². The number of rotatable bonds is 5. The van der Waals surface area contributed by atoms with E-state index in [4.69, 9.17) is 10.1 Å². The summed E-state index contributed by atoms with van der Waals surface area (Å²) in [5.41, 5.74) is 1.85. The van der Waals surface area contributed by atoms with Gasteiger partial charge >= 0.3 is 6.09 Å². The number of aromatic amines is 1. The number of H-pyrrole nitrogens is 1. The Hall–Kier alpha value is -2.83. The lowest BCUT2D eigenvalue weighted by Gasteiger charge is -2.29. The Morgan fingerprint density at radius 1 is 1.30 bits per heavy atom. The molecule has 2 heterocycles. The molecule has 0 aliphatic carbocycles. The van der Waals surface area contributed by atoms with E-state index in [-0.39, 0.29) is 17.9 Å². The Morgan fingerprint density at radius 3 is 2.63 bits per heavy atom. The lowest BCUT2D eigenvalue weighted by atomic mass is 10.0. The third-order valence-electron chi connectivity index (χ3n) is 4.99. The van der Waals surface area contributed by atoms with Gasteiger partial charge in [-0.15, -0.1) is 0 Å². The minimum Gasteiger partial charge on any atom is -0.465 e. The minimum atomic E-state index is -1.18. The average Bonchev–Trinajstić information content (AvgIpc) is 3.26. The maximum absolute atomic E-state index is 13.1. The summed E-state index contributed by atoms with van der Waals surface area (Å²) in [6, 6.07) is 8.92. The fraction of sp³-hybridized carbons (Fsp3) is 0.450. The zero-order valence-corrected chi connectivity index (χ0v) is 15.8. The van der Waals surface area contributed by atoms with Crippen molar-refractivity contribution in [1.29, 1.82) is 0 Å². The van der Waals surface area contributed by atoms with E-state index in [1.807, 2.05) is 50.4 Å². The lowest BCUT2D eigenvalue weighted by molar-refractivity contribution is -0.135. The highest BCUT2D eigenvalue weighted by molar-refractivity contribution is 5.86. The van der Waals surface area contributed by atoms with Crippen molar-refractivity contribution in [2.45, 2.75) is 39.3 Å². The third-order valence-corrected chi connectivity index (χ3v) is 4.99. The number of carbonyl (C=O) groups excluding carboxylic acids is 1. The largest absolute Gasteiger partial charge is 0.465 e. The van der Waals surface area contributed by atoms with Gasteiger partial charge in [0.15, 0.2) is 0 Å². The molecule has 1 aliphatic heterocycles. The predicted octanol–water partition coefficient (Wildman–Crippen LogP) is 3.28. The molecular formula is C20H26N4O3. The molecule has 1 saturated heterocycles. The molecular weight excluding hydrogens is 344 g/mol. The SMILES string of the molecule is CC(C)[C@H](NC(=O)O)C(=O)N1C[C@@H](C)C[C@H]1c1nc(-c2ccccc2)c[nH]1. The zero-order chi connectivity index (χ0) is 19.6. The van der Waals surface area contributed by atoms with Gasteiger partial charge in [-0.1, -0.05) is 51.1 Å². The van der Waals surface area contributed by atoms with E-state index < -0.39 is 12.1 Å². The Morgan fingerprint density at radius 2 is 2.00 bits per heavy atom. The molecule has 1 aromatic heterocycles. The van der Waals surface area contributed by atoms with Crippen LogP contribution in [0, 0.1) is 11.8 Å². The molecule has 144 valence electrons. The van der Waals surface area contributed by atoms with E-state index in [1.165, 1.54) is 0 Å². The summed E-state index contributed by atoms with van der Waals surface area (Å²) in [5.74, 6) is 0.729. The fourth-order valence-corrected chi connectivity index (χ4v) is 3.64. The van der Waals surface area contributed by atoms with Gasteiger partial charge in [-0.25, -0.2) is 9.78 Å². The van der Waals surface area contributed by atoms with Crippen LogP contribution in [-0.2, 0) is 4.79 Å². The number of carboxylic acid groups (broad SMARTS) is 1.